The molecule has 0 heterocycles. The van der Waals surface area contributed by atoms with Crippen molar-refractivity contribution >= 4 is 23.5 Å². The van der Waals surface area contributed by atoms with Crippen LogP contribution in [0.25, 0.3) is 0 Å². The number of ether oxygens (including phenoxy) is 2. The van der Waals surface area contributed by atoms with Crippen molar-refractivity contribution < 1.29 is 33.8 Å². The van der Waals surface area contributed by atoms with Crippen LogP contribution in [0.1, 0.15) is 79.1 Å². The van der Waals surface area contributed by atoms with Crippen molar-refractivity contribution in [3.05, 3.63) is 0 Å². The molecule has 0 radical (unpaired) electrons. The fraction of sp³-hybridized carbons (Fsp3) is 0.840. The Balaban J connectivity index is 1.57. The number of esters is 2. The van der Waals surface area contributed by atoms with E-state index in [1.807, 2.05) is 6.92 Å². The smallest absolute Gasteiger partial charge is 0.303 e. The number of fused-ring (bicyclic) bond motifs is 5. The van der Waals surface area contributed by atoms with Gasteiger partial charge in [-0.25, -0.2) is 0 Å². The third-order valence-corrected chi connectivity index (χ3v) is 9.66. The van der Waals surface area contributed by atoms with Crippen LogP contribution in [0.15, 0.2) is 0 Å². The summed E-state index contributed by atoms with van der Waals surface area (Å²) < 4.78 is 10.4. The minimum atomic E-state index is -1.64. The maximum atomic E-state index is 13.7. The number of Topliss-reactive ketones (excluding diaryl/α,β-unsaturated/α-hetero) is 2. The van der Waals surface area contributed by atoms with Crippen LogP contribution in [-0.4, -0.2) is 46.9 Å². The van der Waals surface area contributed by atoms with Crippen LogP contribution >= 0.6 is 0 Å². The summed E-state index contributed by atoms with van der Waals surface area (Å²) in [7, 11) is 0. The standard InChI is InChI=1S/C25H36O7/c1-14(26)31-13-21(29)25(30)10-8-19-18-6-5-16-11-17(32-15(2)27)7-9-23(16,3)22(18)20(28)12-24(19,25)4/h16-19,22,30H,5-13H2,1-4H3/t16-,17-,18+,19-,22-,23+,24+,25-/m1/s1. The molecule has 0 aromatic carbocycles. The molecule has 0 aromatic rings. The monoisotopic (exact) mass is 448 g/mol. The molecule has 0 spiro atoms. The van der Waals surface area contributed by atoms with Crippen LogP contribution in [0.5, 0.6) is 0 Å². The SMILES string of the molecule is CC(=O)OCC(=O)[C@]1(O)CC[C@@H]2[C@@H]3CC[C@@H]4C[C@H](OC(C)=O)CC[C@]4(C)[C@H]3C(=O)C[C@@]21C. The van der Waals surface area contributed by atoms with Gasteiger partial charge in [0.2, 0.25) is 5.78 Å². The first-order valence-electron chi connectivity index (χ1n) is 12.0. The molecule has 4 aliphatic rings. The Morgan fingerprint density at radius 3 is 2.41 bits per heavy atom. The zero-order chi connectivity index (χ0) is 23.5. The van der Waals surface area contributed by atoms with Gasteiger partial charge in [0.05, 0.1) is 0 Å². The average molecular weight is 449 g/mol. The van der Waals surface area contributed by atoms with Gasteiger partial charge in [0, 0.05) is 31.6 Å². The third-order valence-electron chi connectivity index (χ3n) is 9.66. The van der Waals surface area contributed by atoms with Gasteiger partial charge in [-0.15, -0.1) is 0 Å². The zero-order valence-electron chi connectivity index (χ0n) is 19.6. The predicted molar refractivity (Wildman–Crippen MR) is 114 cm³/mol. The highest BCUT2D eigenvalue weighted by atomic mass is 16.5. The highest BCUT2D eigenvalue weighted by Crippen LogP contribution is 2.67. The quantitative estimate of drug-likeness (QED) is 0.659. The Labute approximate surface area is 189 Å². The summed E-state index contributed by atoms with van der Waals surface area (Å²) in [6.45, 7) is 6.34. The number of rotatable bonds is 4. The number of hydrogen-bond acceptors (Lipinski definition) is 7. The molecule has 178 valence electrons. The summed E-state index contributed by atoms with van der Waals surface area (Å²) in [4.78, 5) is 49.2. The first-order chi connectivity index (χ1) is 14.9. The van der Waals surface area contributed by atoms with Gasteiger partial charge in [-0.05, 0) is 68.1 Å². The Kier molecular flexibility index (Phi) is 5.80. The minimum absolute atomic E-state index is 0.0680. The van der Waals surface area contributed by atoms with E-state index in [9.17, 15) is 24.3 Å². The summed E-state index contributed by atoms with van der Waals surface area (Å²) in [6, 6.07) is 0. The van der Waals surface area contributed by atoms with Crippen LogP contribution in [0.4, 0.5) is 0 Å². The summed E-state index contributed by atoms with van der Waals surface area (Å²) in [6.07, 6.45) is 5.39. The van der Waals surface area contributed by atoms with Crippen molar-refractivity contribution in [3.63, 3.8) is 0 Å². The fourth-order valence-corrected chi connectivity index (χ4v) is 8.12. The molecule has 7 heteroatoms. The lowest BCUT2D eigenvalue weighted by molar-refractivity contribution is -0.183. The highest BCUT2D eigenvalue weighted by molar-refractivity contribution is 5.93. The fourth-order valence-electron chi connectivity index (χ4n) is 8.12. The van der Waals surface area contributed by atoms with Crippen LogP contribution in [0.2, 0.25) is 0 Å². The van der Waals surface area contributed by atoms with E-state index in [1.165, 1.54) is 13.8 Å². The van der Waals surface area contributed by atoms with Gasteiger partial charge in [0.15, 0.2) is 6.61 Å². The second-order valence-electron chi connectivity index (χ2n) is 11.2. The van der Waals surface area contributed by atoms with Crippen molar-refractivity contribution in [3.8, 4) is 0 Å². The molecule has 8 atom stereocenters. The van der Waals surface area contributed by atoms with E-state index in [1.54, 1.807) is 0 Å². The van der Waals surface area contributed by atoms with Crippen LogP contribution in [-0.2, 0) is 28.7 Å². The first-order valence-corrected chi connectivity index (χ1v) is 12.0. The predicted octanol–water partition coefficient (Wildman–Crippen LogP) is 3.00. The van der Waals surface area contributed by atoms with Gasteiger partial charge in [0.1, 0.15) is 17.5 Å². The Hall–Kier alpha value is -1.76. The van der Waals surface area contributed by atoms with Crippen molar-refractivity contribution in [1.82, 2.24) is 0 Å². The molecular formula is C25H36O7. The molecule has 4 fully saturated rings. The molecular weight excluding hydrogens is 412 g/mol. The Bertz CT molecular complexity index is 836. The number of carbonyl (C=O) groups excluding carboxylic acids is 4. The van der Waals surface area contributed by atoms with Gasteiger partial charge in [-0.2, -0.15) is 0 Å². The Morgan fingerprint density at radius 1 is 1.03 bits per heavy atom. The maximum absolute atomic E-state index is 13.7. The van der Waals surface area contributed by atoms with E-state index in [4.69, 9.17) is 9.47 Å². The molecule has 4 rings (SSSR count). The molecule has 0 aromatic heterocycles. The summed E-state index contributed by atoms with van der Waals surface area (Å²) in [5.41, 5.74) is -2.61. The first kappa shape index (κ1) is 23.4. The van der Waals surface area contributed by atoms with Crippen LogP contribution < -0.4 is 0 Å². The summed E-state index contributed by atoms with van der Waals surface area (Å²) >= 11 is 0. The normalized spacial score (nSPS) is 45.3. The third kappa shape index (κ3) is 3.42. The van der Waals surface area contributed by atoms with Crippen molar-refractivity contribution in [2.75, 3.05) is 6.61 Å². The topological polar surface area (TPSA) is 107 Å². The average Bonchev–Trinajstić information content (AvgIpc) is 2.97. The van der Waals surface area contributed by atoms with Crippen LogP contribution in [0.3, 0.4) is 0 Å². The lowest BCUT2D eigenvalue weighted by atomic mass is 9.44. The van der Waals surface area contributed by atoms with Crippen molar-refractivity contribution in [2.45, 2.75) is 90.8 Å². The number of carbonyl (C=O) groups is 4. The highest BCUT2D eigenvalue weighted by Gasteiger charge is 2.69. The van der Waals surface area contributed by atoms with Crippen LogP contribution in [0, 0.1) is 34.5 Å². The van der Waals surface area contributed by atoms with Gasteiger partial charge < -0.3 is 14.6 Å². The lowest BCUT2D eigenvalue weighted by Crippen LogP contribution is -2.62. The molecule has 0 amide bonds. The second kappa shape index (κ2) is 7.93. The molecule has 1 N–H and O–H groups in total. The van der Waals surface area contributed by atoms with Gasteiger partial charge in [-0.3, -0.25) is 19.2 Å². The second-order valence-corrected chi connectivity index (χ2v) is 11.2. The molecule has 0 bridgehead atoms. The molecule has 4 aliphatic carbocycles. The maximum Gasteiger partial charge on any atom is 0.303 e. The zero-order valence-corrected chi connectivity index (χ0v) is 19.6. The van der Waals surface area contributed by atoms with E-state index in [-0.39, 0.29) is 47.4 Å². The van der Waals surface area contributed by atoms with Crippen molar-refractivity contribution in [2.24, 2.45) is 34.5 Å². The van der Waals surface area contributed by atoms with E-state index < -0.39 is 29.4 Å². The van der Waals surface area contributed by atoms with E-state index in [2.05, 4.69) is 6.92 Å². The summed E-state index contributed by atoms with van der Waals surface area (Å²) in [5.74, 6) is -0.677. The number of ketones is 2. The molecule has 0 saturated heterocycles. The largest absolute Gasteiger partial charge is 0.463 e. The van der Waals surface area contributed by atoms with Gasteiger partial charge >= 0.3 is 11.9 Å². The molecule has 32 heavy (non-hydrogen) atoms. The van der Waals surface area contributed by atoms with Gasteiger partial charge in [-0.1, -0.05) is 13.8 Å². The molecule has 0 unspecified atom stereocenters. The molecule has 0 aliphatic heterocycles. The molecule has 4 saturated carbocycles. The number of aliphatic hydroxyl groups is 1. The summed E-state index contributed by atoms with van der Waals surface area (Å²) in [5, 5.41) is 11.5. The Morgan fingerprint density at radius 2 is 1.75 bits per heavy atom. The van der Waals surface area contributed by atoms with Gasteiger partial charge in [0.25, 0.3) is 0 Å². The number of hydrogen-bond donors (Lipinski definition) is 1. The minimum Gasteiger partial charge on any atom is -0.463 e. The van der Waals surface area contributed by atoms with E-state index in [0.717, 1.165) is 32.1 Å². The molecule has 7 nitrogen and oxygen atoms in total. The van der Waals surface area contributed by atoms with Crippen molar-refractivity contribution in [1.29, 1.82) is 0 Å². The lowest BCUT2D eigenvalue weighted by Gasteiger charge is -2.60. The van der Waals surface area contributed by atoms with E-state index in [0.29, 0.717) is 18.8 Å². The van der Waals surface area contributed by atoms with E-state index >= 15 is 0 Å².